The summed E-state index contributed by atoms with van der Waals surface area (Å²) in [5.74, 6) is 0.952. The molecule has 136 valence electrons. The first kappa shape index (κ1) is 16.8. The SMILES string of the molecule is CCN(CC)c1ccc2c(c1)C1C=CCC1C(c1ccc(O)cc1O)N2. The summed E-state index contributed by atoms with van der Waals surface area (Å²) < 4.78 is 0. The lowest BCUT2D eigenvalue weighted by molar-refractivity contribution is 0.398. The van der Waals surface area contributed by atoms with Crippen molar-refractivity contribution >= 4 is 11.4 Å². The molecule has 3 N–H and O–H groups in total. The Bertz CT molecular complexity index is 842. The third kappa shape index (κ3) is 2.70. The molecule has 0 bridgehead atoms. The molecule has 0 aromatic heterocycles. The van der Waals surface area contributed by atoms with Gasteiger partial charge in [-0.3, -0.25) is 0 Å². The van der Waals surface area contributed by atoms with E-state index in [4.69, 9.17) is 0 Å². The molecular formula is C22H26N2O2. The molecule has 1 aliphatic heterocycles. The van der Waals surface area contributed by atoms with Gasteiger partial charge >= 0.3 is 0 Å². The Morgan fingerprint density at radius 3 is 2.58 bits per heavy atom. The van der Waals surface area contributed by atoms with Gasteiger partial charge in [0.05, 0.1) is 6.04 Å². The standard InChI is InChI=1S/C22H26N2O2/c1-3-24(4-2)14-8-11-20-19(12-14)16-6-5-7-17(16)22(23-20)18-10-9-15(25)13-21(18)26/h5-6,8-13,16-17,22-23,25-26H,3-4,7H2,1-2H3. The molecule has 4 rings (SSSR count). The van der Waals surface area contributed by atoms with E-state index >= 15 is 0 Å². The normalized spacial score (nSPS) is 23.2. The lowest BCUT2D eigenvalue weighted by Gasteiger charge is -2.38. The zero-order chi connectivity index (χ0) is 18.3. The van der Waals surface area contributed by atoms with E-state index in [-0.39, 0.29) is 17.5 Å². The molecule has 0 saturated heterocycles. The van der Waals surface area contributed by atoms with Crippen LogP contribution in [0.1, 0.15) is 43.4 Å². The summed E-state index contributed by atoms with van der Waals surface area (Å²) in [5.41, 5.74) is 4.58. The van der Waals surface area contributed by atoms with E-state index in [9.17, 15) is 10.2 Å². The molecule has 0 spiro atoms. The number of nitrogens with zero attached hydrogens (tertiary/aromatic N) is 1. The lowest BCUT2D eigenvalue weighted by Crippen LogP contribution is -2.29. The number of hydrogen-bond acceptors (Lipinski definition) is 4. The maximum Gasteiger partial charge on any atom is 0.124 e. The fourth-order valence-electron chi connectivity index (χ4n) is 4.47. The number of rotatable bonds is 4. The second kappa shape index (κ2) is 6.60. The second-order valence-electron chi connectivity index (χ2n) is 7.16. The molecule has 26 heavy (non-hydrogen) atoms. The maximum absolute atomic E-state index is 10.4. The van der Waals surface area contributed by atoms with Crippen LogP contribution < -0.4 is 10.2 Å². The first-order valence-electron chi connectivity index (χ1n) is 9.46. The average molecular weight is 350 g/mol. The lowest BCUT2D eigenvalue weighted by atomic mass is 9.76. The number of aromatic hydroxyl groups is 2. The minimum atomic E-state index is 0.0300. The second-order valence-corrected chi connectivity index (χ2v) is 7.16. The van der Waals surface area contributed by atoms with Crippen molar-refractivity contribution in [2.45, 2.75) is 32.2 Å². The van der Waals surface area contributed by atoms with Crippen molar-refractivity contribution in [2.24, 2.45) is 5.92 Å². The van der Waals surface area contributed by atoms with Crippen LogP contribution in [-0.2, 0) is 0 Å². The van der Waals surface area contributed by atoms with Gasteiger partial charge in [0.1, 0.15) is 11.5 Å². The predicted molar refractivity (Wildman–Crippen MR) is 106 cm³/mol. The van der Waals surface area contributed by atoms with Crippen LogP contribution in [0, 0.1) is 5.92 Å². The Kier molecular flexibility index (Phi) is 4.27. The van der Waals surface area contributed by atoms with Gasteiger partial charge in [-0.25, -0.2) is 0 Å². The molecule has 0 radical (unpaired) electrons. The van der Waals surface area contributed by atoms with E-state index in [0.717, 1.165) is 30.8 Å². The molecule has 0 saturated carbocycles. The van der Waals surface area contributed by atoms with Gasteiger partial charge in [0.15, 0.2) is 0 Å². The van der Waals surface area contributed by atoms with Gasteiger partial charge in [0, 0.05) is 42.0 Å². The molecule has 1 aliphatic carbocycles. The van der Waals surface area contributed by atoms with Gasteiger partial charge in [0.25, 0.3) is 0 Å². The van der Waals surface area contributed by atoms with Crippen molar-refractivity contribution < 1.29 is 10.2 Å². The highest BCUT2D eigenvalue weighted by atomic mass is 16.3. The number of phenolic OH excluding ortho intramolecular Hbond substituents is 2. The average Bonchev–Trinajstić information content (AvgIpc) is 3.13. The van der Waals surface area contributed by atoms with Gasteiger partial charge in [0.2, 0.25) is 0 Å². The predicted octanol–water partition coefficient (Wildman–Crippen LogP) is 4.77. The molecule has 2 aromatic rings. The molecule has 2 aromatic carbocycles. The number of allylic oxidation sites excluding steroid dienone is 2. The van der Waals surface area contributed by atoms with E-state index in [2.05, 4.69) is 54.4 Å². The van der Waals surface area contributed by atoms with Crippen LogP contribution in [0.4, 0.5) is 11.4 Å². The van der Waals surface area contributed by atoms with E-state index in [1.165, 1.54) is 17.3 Å². The highest BCUT2D eigenvalue weighted by Crippen LogP contribution is 2.51. The van der Waals surface area contributed by atoms with Crippen molar-refractivity contribution in [2.75, 3.05) is 23.3 Å². The number of nitrogens with one attached hydrogen (secondary N) is 1. The van der Waals surface area contributed by atoms with Crippen LogP contribution in [0.2, 0.25) is 0 Å². The summed E-state index contributed by atoms with van der Waals surface area (Å²) in [6, 6.07) is 11.6. The Labute approximate surface area is 154 Å². The summed E-state index contributed by atoms with van der Waals surface area (Å²) in [7, 11) is 0. The van der Waals surface area contributed by atoms with Crippen molar-refractivity contribution in [1.29, 1.82) is 0 Å². The van der Waals surface area contributed by atoms with Gasteiger partial charge in [-0.1, -0.05) is 12.2 Å². The Morgan fingerprint density at radius 1 is 1.04 bits per heavy atom. The Hall–Kier alpha value is -2.62. The van der Waals surface area contributed by atoms with Crippen molar-refractivity contribution in [3.05, 3.63) is 59.7 Å². The fourth-order valence-corrected chi connectivity index (χ4v) is 4.47. The Morgan fingerprint density at radius 2 is 1.85 bits per heavy atom. The number of hydrogen-bond donors (Lipinski definition) is 3. The monoisotopic (exact) mass is 350 g/mol. The minimum absolute atomic E-state index is 0.0300. The van der Waals surface area contributed by atoms with Crippen LogP contribution >= 0.6 is 0 Å². The van der Waals surface area contributed by atoms with Crippen LogP contribution in [0.5, 0.6) is 11.5 Å². The first-order valence-corrected chi connectivity index (χ1v) is 9.46. The van der Waals surface area contributed by atoms with Crippen molar-refractivity contribution in [3.63, 3.8) is 0 Å². The molecule has 3 unspecified atom stereocenters. The number of fused-ring (bicyclic) bond motifs is 3. The van der Waals surface area contributed by atoms with E-state index in [1.54, 1.807) is 6.07 Å². The summed E-state index contributed by atoms with van der Waals surface area (Å²) >= 11 is 0. The third-order valence-corrected chi connectivity index (χ3v) is 5.82. The van der Waals surface area contributed by atoms with Crippen molar-refractivity contribution in [3.8, 4) is 11.5 Å². The summed E-state index contributed by atoms with van der Waals surface area (Å²) in [4.78, 5) is 2.37. The van der Waals surface area contributed by atoms with Crippen LogP contribution in [0.25, 0.3) is 0 Å². The molecule has 0 amide bonds. The molecule has 0 fully saturated rings. The molecule has 1 heterocycles. The van der Waals surface area contributed by atoms with Crippen LogP contribution in [0.15, 0.2) is 48.6 Å². The summed E-state index contributed by atoms with van der Waals surface area (Å²) in [5, 5.41) is 23.6. The summed E-state index contributed by atoms with van der Waals surface area (Å²) in [6.45, 7) is 6.36. The van der Waals surface area contributed by atoms with E-state index in [1.807, 2.05) is 6.07 Å². The van der Waals surface area contributed by atoms with Gasteiger partial charge in [-0.15, -0.1) is 0 Å². The molecule has 3 atom stereocenters. The zero-order valence-corrected chi connectivity index (χ0v) is 15.3. The molecule has 4 nitrogen and oxygen atoms in total. The minimum Gasteiger partial charge on any atom is -0.508 e. The number of phenols is 2. The van der Waals surface area contributed by atoms with Crippen LogP contribution in [-0.4, -0.2) is 23.3 Å². The zero-order valence-electron chi connectivity index (χ0n) is 15.3. The third-order valence-electron chi connectivity index (χ3n) is 5.82. The quantitative estimate of drug-likeness (QED) is 0.695. The maximum atomic E-state index is 10.4. The highest BCUT2D eigenvalue weighted by molar-refractivity contribution is 5.66. The van der Waals surface area contributed by atoms with Crippen molar-refractivity contribution in [1.82, 2.24) is 0 Å². The summed E-state index contributed by atoms with van der Waals surface area (Å²) in [6.07, 6.45) is 5.54. The van der Waals surface area contributed by atoms with Gasteiger partial charge in [-0.05, 0) is 62.1 Å². The van der Waals surface area contributed by atoms with E-state index < -0.39 is 0 Å². The van der Waals surface area contributed by atoms with Gasteiger partial charge < -0.3 is 20.4 Å². The number of anilines is 2. The molecular weight excluding hydrogens is 324 g/mol. The largest absolute Gasteiger partial charge is 0.508 e. The Balaban J connectivity index is 1.74. The number of benzene rings is 2. The van der Waals surface area contributed by atoms with Crippen LogP contribution in [0.3, 0.4) is 0 Å². The molecule has 4 heteroatoms. The topological polar surface area (TPSA) is 55.7 Å². The van der Waals surface area contributed by atoms with E-state index in [0.29, 0.717) is 11.8 Å². The van der Waals surface area contributed by atoms with Gasteiger partial charge in [-0.2, -0.15) is 0 Å². The smallest absolute Gasteiger partial charge is 0.124 e. The first-order chi connectivity index (χ1) is 12.6. The fraction of sp³-hybridized carbons (Fsp3) is 0.364. The molecule has 2 aliphatic rings. The highest BCUT2D eigenvalue weighted by Gasteiger charge is 2.39.